The van der Waals surface area contributed by atoms with Crippen molar-refractivity contribution in [1.82, 2.24) is 5.43 Å². The van der Waals surface area contributed by atoms with Crippen LogP contribution in [0.2, 0.25) is 0 Å². The molecule has 0 saturated carbocycles. The fraction of sp³-hybridized carbons (Fsp3) is 0.0625. The molecule has 0 heterocycles. The second kappa shape index (κ2) is 10.3. The molecule has 2 aromatic rings. The number of carbonyl (C=O) groups is 2. The predicted octanol–water partition coefficient (Wildman–Crippen LogP) is -0.580. The van der Waals surface area contributed by atoms with Crippen LogP contribution >= 0.6 is 0 Å². The van der Waals surface area contributed by atoms with Crippen molar-refractivity contribution >= 4 is 48.1 Å². The van der Waals surface area contributed by atoms with Crippen molar-refractivity contribution in [2.24, 2.45) is 10.8 Å². The van der Waals surface area contributed by atoms with Crippen molar-refractivity contribution in [2.75, 3.05) is 5.32 Å². The zero-order valence-corrected chi connectivity index (χ0v) is 16.5. The molecule has 0 fully saturated rings. The number of carboxylic acids is 1. The molecule has 1 amide bonds. The number of hydrogen-bond donors (Lipinski definition) is 7. The average Bonchev–Trinajstić information content (AvgIpc) is 2.59. The summed E-state index contributed by atoms with van der Waals surface area (Å²) in [6, 6.07) is 9.76. The molecule has 0 aliphatic rings. The number of nitrogens with one attached hydrogen (secondary N) is 2. The second-order valence-corrected chi connectivity index (χ2v) is 8.50. The number of carbonyl (C=O) groups excluding carboxylic acids is 1. The van der Waals surface area contributed by atoms with Gasteiger partial charge in [-0.3, -0.25) is 0 Å². The number of phenolic OH excluding ortho intramolecular Hbond substituents is 1. The van der Waals surface area contributed by atoms with Crippen molar-refractivity contribution < 1.29 is 31.7 Å². The number of nitrogens with zero attached hydrogens (tertiary/aromatic N) is 1. The number of amides is 1. The zero-order valence-electron chi connectivity index (χ0n) is 14.6. The number of phenols is 1. The molecule has 11 nitrogen and oxygen atoms in total. The van der Waals surface area contributed by atoms with Gasteiger partial charge in [-0.05, 0) is 18.2 Å². The van der Waals surface area contributed by atoms with E-state index in [1.807, 2.05) is 0 Å². The van der Waals surface area contributed by atoms with Gasteiger partial charge in [0.1, 0.15) is 6.34 Å². The Labute approximate surface area is 162 Å². The SMILES string of the molecule is CC(=O)Nc1ccc([As](=O)(O)O)c(O)c1.NNC=Nc1cccc(C(=O)O)c1. The summed E-state index contributed by atoms with van der Waals surface area (Å²) in [6.45, 7) is 1.29. The summed E-state index contributed by atoms with van der Waals surface area (Å²) in [7, 11) is 0. The van der Waals surface area contributed by atoms with E-state index in [2.05, 4.69) is 15.7 Å². The average molecular weight is 454 g/mol. The smallest absolute Gasteiger partial charge is 0.335 e. The Morgan fingerprint density at radius 3 is 2.36 bits per heavy atom. The Morgan fingerprint density at radius 2 is 1.86 bits per heavy atom. The Kier molecular flexibility index (Phi) is 8.42. The van der Waals surface area contributed by atoms with Crippen molar-refractivity contribution in [3.8, 4) is 5.75 Å². The molecule has 150 valence electrons. The van der Waals surface area contributed by atoms with Gasteiger partial charge in [-0.2, -0.15) is 0 Å². The maximum atomic E-state index is 10.9. The summed E-state index contributed by atoms with van der Waals surface area (Å²) in [4.78, 5) is 25.0. The molecule has 0 radical (unpaired) electrons. The van der Waals surface area contributed by atoms with E-state index >= 15 is 0 Å². The predicted molar refractivity (Wildman–Crippen MR) is 102 cm³/mol. The first-order valence-electron chi connectivity index (χ1n) is 7.53. The number of nitrogens with two attached hydrogens (primary N) is 1. The normalized spacial score (nSPS) is 10.7. The molecule has 0 aliphatic carbocycles. The first-order chi connectivity index (χ1) is 13.0. The van der Waals surface area contributed by atoms with Gasteiger partial charge in [-0.1, -0.05) is 6.07 Å². The molecule has 8 N–H and O–H groups in total. The van der Waals surface area contributed by atoms with Crippen LogP contribution in [0, 0.1) is 0 Å². The summed E-state index contributed by atoms with van der Waals surface area (Å²) in [5, 5.41) is 20.3. The van der Waals surface area contributed by atoms with E-state index in [4.69, 9.17) is 19.1 Å². The maximum Gasteiger partial charge on any atom is 0.335 e. The van der Waals surface area contributed by atoms with Crippen LogP contribution in [0.3, 0.4) is 0 Å². The van der Waals surface area contributed by atoms with Crippen LogP contribution in [0.5, 0.6) is 5.75 Å². The third-order valence-electron chi connectivity index (χ3n) is 2.99. The Morgan fingerprint density at radius 1 is 1.18 bits per heavy atom. The number of anilines is 1. The third-order valence-corrected chi connectivity index (χ3v) is 5.10. The summed E-state index contributed by atoms with van der Waals surface area (Å²) in [5.41, 5.74) is 3.25. The number of rotatable bonds is 5. The van der Waals surface area contributed by atoms with Gasteiger partial charge in [-0.15, -0.1) is 0 Å². The minimum atomic E-state index is -5.09. The van der Waals surface area contributed by atoms with E-state index in [9.17, 15) is 18.4 Å². The number of aromatic hydroxyl groups is 1. The zero-order chi connectivity index (χ0) is 21.3. The van der Waals surface area contributed by atoms with E-state index < -0.39 is 30.2 Å². The van der Waals surface area contributed by atoms with E-state index in [-0.39, 0.29) is 17.2 Å². The summed E-state index contributed by atoms with van der Waals surface area (Å²) in [5.74, 6) is 3.13. The Balaban J connectivity index is 0.000000283. The van der Waals surface area contributed by atoms with E-state index in [1.165, 1.54) is 31.5 Å². The van der Waals surface area contributed by atoms with Gasteiger partial charge in [0.25, 0.3) is 0 Å². The second-order valence-electron chi connectivity index (χ2n) is 5.21. The van der Waals surface area contributed by atoms with Gasteiger partial charge in [0, 0.05) is 0 Å². The van der Waals surface area contributed by atoms with Gasteiger partial charge < -0.3 is 10.5 Å². The molecule has 12 heteroatoms. The third kappa shape index (κ3) is 7.64. The van der Waals surface area contributed by atoms with Crippen LogP contribution < -0.4 is 20.9 Å². The van der Waals surface area contributed by atoms with Gasteiger partial charge in [0.15, 0.2) is 0 Å². The number of benzene rings is 2. The van der Waals surface area contributed by atoms with Crippen LogP contribution in [-0.2, 0) is 8.53 Å². The maximum absolute atomic E-state index is 10.9. The quantitative estimate of drug-likeness (QED) is 0.102. The molecular weight excluding hydrogens is 435 g/mol. The van der Waals surface area contributed by atoms with Crippen LogP contribution in [0.25, 0.3) is 0 Å². The number of aliphatic imine (C=N–C) groups is 1. The monoisotopic (exact) mass is 454 g/mol. The topological polar surface area (TPSA) is 195 Å². The molecule has 0 bridgehead atoms. The molecule has 0 spiro atoms. The van der Waals surface area contributed by atoms with Crippen molar-refractivity contribution in [2.45, 2.75) is 6.92 Å². The fourth-order valence-electron chi connectivity index (χ4n) is 1.88. The van der Waals surface area contributed by atoms with E-state index in [0.717, 1.165) is 12.1 Å². The molecule has 0 unspecified atom stereocenters. The minimum absolute atomic E-state index is 0.201. The molecular formula is C16H19AsN4O7. The van der Waals surface area contributed by atoms with Gasteiger partial charge >= 0.3 is 94.1 Å². The van der Waals surface area contributed by atoms with Crippen LogP contribution in [0.4, 0.5) is 11.4 Å². The number of hydrogen-bond acceptors (Lipinski definition) is 6. The van der Waals surface area contributed by atoms with Crippen molar-refractivity contribution in [3.63, 3.8) is 0 Å². The van der Waals surface area contributed by atoms with E-state index in [0.29, 0.717) is 5.69 Å². The molecule has 2 aromatic carbocycles. The number of hydrazine groups is 1. The molecule has 2 rings (SSSR count). The molecule has 28 heavy (non-hydrogen) atoms. The largest absolute Gasteiger partial charge is 0.478 e. The number of carboxylic acid groups (broad SMARTS) is 1. The Hall–Kier alpha value is -3.11. The minimum Gasteiger partial charge on any atom is -0.478 e. The first kappa shape index (κ1) is 22.9. The standard InChI is InChI=1S/C8H10AsNO5.C8H9N3O2/c1-5(11)10-6-2-3-7(8(12)4-6)9(13,14)15;9-11-5-10-7-3-1-2-6(4-7)8(12)13/h2-4,12H,1H3,(H,10,11)(H2,13,14,15);1-5H,9H2,(H,10,11)(H,12,13). The number of aromatic carboxylic acids is 1. The van der Waals surface area contributed by atoms with Crippen LogP contribution in [0.1, 0.15) is 17.3 Å². The molecule has 0 atom stereocenters. The van der Waals surface area contributed by atoms with Crippen molar-refractivity contribution in [1.29, 1.82) is 0 Å². The Bertz CT molecular complexity index is 927. The summed E-state index contributed by atoms with van der Waals surface area (Å²) in [6.07, 6.45) is 1.28. The summed E-state index contributed by atoms with van der Waals surface area (Å²) >= 11 is -5.09. The van der Waals surface area contributed by atoms with Crippen LogP contribution in [-0.4, -0.2) is 50.8 Å². The summed E-state index contributed by atoms with van der Waals surface area (Å²) < 4.78 is 28.2. The first-order valence-corrected chi connectivity index (χ1v) is 10.9. The van der Waals surface area contributed by atoms with Crippen molar-refractivity contribution in [3.05, 3.63) is 48.0 Å². The molecule has 0 aliphatic heterocycles. The molecule has 0 saturated heterocycles. The van der Waals surface area contributed by atoms with Crippen LogP contribution in [0.15, 0.2) is 47.5 Å². The fourth-order valence-corrected chi connectivity index (χ4v) is 3.21. The van der Waals surface area contributed by atoms with Gasteiger partial charge in [0.2, 0.25) is 0 Å². The van der Waals surface area contributed by atoms with Gasteiger partial charge in [-0.25, -0.2) is 15.6 Å². The van der Waals surface area contributed by atoms with Gasteiger partial charge in [0.05, 0.1) is 11.3 Å². The van der Waals surface area contributed by atoms with E-state index in [1.54, 1.807) is 12.1 Å². The molecule has 0 aromatic heterocycles.